The fraction of sp³-hybridized carbons (Fsp3) is 0.111. The van der Waals surface area contributed by atoms with Gasteiger partial charge in [0, 0.05) is 12.3 Å². The Bertz CT molecular complexity index is 447. The number of aromatic nitrogens is 2. The third kappa shape index (κ3) is 1.38. The number of carbonyl (C=O) groups is 1. The molecule has 1 heterocycles. The van der Waals surface area contributed by atoms with Crippen LogP contribution in [-0.2, 0) is 4.79 Å². The van der Waals surface area contributed by atoms with Crippen LogP contribution in [0.2, 0.25) is 0 Å². The van der Waals surface area contributed by atoms with E-state index in [1.54, 1.807) is 6.20 Å². The van der Waals surface area contributed by atoms with E-state index in [0.717, 1.165) is 10.9 Å². The summed E-state index contributed by atoms with van der Waals surface area (Å²) in [5, 5.41) is 5.03. The van der Waals surface area contributed by atoms with Crippen LogP contribution in [-0.4, -0.2) is 15.8 Å². The average Bonchev–Trinajstić information content (AvgIpc) is 2.48. The summed E-state index contributed by atoms with van der Waals surface area (Å²) in [6, 6.07) is 7.68. The van der Waals surface area contributed by atoms with Crippen molar-refractivity contribution in [1.82, 2.24) is 9.89 Å². The topological polar surface area (TPSA) is 46.9 Å². The van der Waals surface area contributed by atoms with Gasteiger partial charge in [0.2, 0.25) is 5.91 Å². The first-order valence-electron chi connectivity index (χ1n) is 3.98. The molecule has 66 valence electrons. The molecule has 1 N–H and O–H groups in total. The molecule has 0 saturated heterocycles. The minimum Gasteiger partial charge on any atom is -0.274 e. The van der Waals surface area contributed by atoms with Gasteiger partial charge in [0.15, 0.2) is 0 Å². The lowest BCUT2D eigenvalue weighted by Crippen LogP contribution is -2.20. The van der Waals surface area contributed by atoms with Crippen LogP contribution in [0.5, 0.6) is 0 Å². The fourth-order valence-electron chi connectivity index (χ4n) is 1.21. The van der Waals surface area contributed by atoms with Gasteiger partial charge in [-0.05, 0) is 6.07 Å². The van der Waals surface area contributed by atoms with E-state index in [2.05, 4.69) is 10.5 Å². The third-order valence-corrected chi connectivity index (χ3v) is 1.74. The largest absolute Gasteiger partial charge is 0.274 e. The van der Waals surface area contributed by atoms with E-state index >= 15 is 0 Å². The highest BCUT2D eigenvalue weighted by atomic mass is 16.2. The maximum absolute atomic E-state index is 10.8. The van der Waals surface area contributed by atoms with Crippen molar-refractivity contribution in [2.75, 3.05) is 5.43 Å². The smallest absolute Gasteiger partial charge is 0.236 e. The van der Waals surface area contributed by atoms with Crippen LogP contribution < -0.4 is 5.43 Å². The monoisotopic (exact) mass is 175 g/mol. The summed E-state index contributed by atoms with van der Waals surface area (Å²) in [5.74, 6) is -0.131. The van der Waals surface area contributed by atoms with Gasteiger partial charge in [-0.3, -0.25) is 4.79 Å². The first-order chi connectivity index (χ1) is 6.27. The van der Waals surface area contributed by atoms with Crippen LogP contribution in [0.1, 0.15) is 6.92 Å². The molecule has 0 radical (unpaired) electrons. The quantitative estimate of drug-likeness (QED) is 0.706. The third-order valence-electron chi connectivity index (χ3n) is 1.74. The number of carbonyl (C=O) groups excluding carboxylic acids is 1. The highest BCUT2D eigenvalue weighted by molar-refractivity contribution is 5.85. The van der Waals surface area contributed by atoms with Crippen LogP contribution >= 0.6 is 0 Å². The van der Waals surface area contributed by atoms with Gasteiger partial charge in [0.05, 0.1) is 11.7 Å². The molecule has 4 nitrogen and oxygen atoms in total. The number of rotatable bonds is 1. The van der Waals surface area contributed by atoms with Crippen LogP contribution in [0.15, 0.2) is 30.5 Å². The number of benzene rings is 1. The normalized spacial score (nSPS) is 10.2. The number of para-hydroxylation sites is 1. The molecule has 1 amide bonds. The van der Waals surface area contributed by atoms with Crippen LogP contribution in [0.3, 0.4) is 0 Å². The Morgan fingerprint density at radius 3 is 3.00 bits per heavy atom. The Balaban J connectivity index is 2.51. The maximum atomic E-state index is 10.8. The predicted octanol–water partition coefficient (Wildman–Crippen LogP) is 1.13. The number of hydrogen-bond donors (Lipinski definition) is 1. The van der Waals surface area contributed by atoms with Crippen molar-refractivity contribution in [3.8, 4) is 0 Å². The second kappa shape index (κ2) is 2.90. The summed E-state index contributed by atoms with van der Waals surface area (Å²) in [5.41, 5.74) is 3.50. The van der Waals surface area contributed by atoms with Gasteiger partial charge in [0.25, 0.3) is 0 Å². The van der Waals surface area contributed by atoms with Crippen molar-refractivity contribution in [2.24, 2.45) is 0 Å². The molecule has 0 saturated carbocycles. The lowest BCUT2D eigenvalue weighted by atomic mass is 10.3. The lowest BCUT2D eigenvalue weighted by Gasteiger charge is -2.01. The first-order valence-corrected chi connectivity index (χ1v) is 3.98. The zero-order chi connectivity index (χ0) is 9.26. The second-order valence-corrected chi connectivity index (χ2v) is 2.78. The van der Waals surface area contributed by atoms with E-state index in [4.69, 9.17) is 0 Å². The van der Waals surface area contributed by atoms with E-state index in [0.29, 0.717) is 0 Å². The summed E-state index contributed by atoms with van der Waals surface area (Å²) < 4.78 is 0. The number of nitrogens with zero attached hydrogens (tertiary/aromatic N) is 2. The lowest BCUT2D eigenvalue weighted by molar-refractivity contribution is -0.115. The summed E-state index contributed by atoms with van der Waals surface area (Å²) in [6.45, 7) is 1.45. The van der Waals surface area contributed by atoms with Crippen LogP contribution in [0.4, 0.5) is 0 Å². The van der Waals surface area contributed by atoms with Crippen molar-refractivity contribution in [2.45, 2.75) is 6.92 Å². The van der Waals surface area contributed by atoms with Crippen molar-refractivity contribution in [1.29, 1.82) is 0 Å². The minimum absolute atomic E-state index is 0.131. The second-order valence-electron chi connectivity index (χ2n) is 2.78. The average molecular weight is 175 g/mol. The number of hydrogen-bond acceptors (Lipinski definition) is 2. The van der Waals surface area contributed by atoms with Gasteiger partial charge in [-0.25, -0.2) is 5.43 Å². The van der Waals surface area contributed by atoms with Crippen LogP contribution in [0.25, 0.3) is 10.9 Å². The first kappa shape index (κ1) is 7.79. The van der Waals surface area contributed by atoms with Crippen molar-refractivity contribution < 1.29 is 4.79 Å². The predicted molar refractivity (Wildman–Crippen MR) is 49.8 cm³/mol. The van der Waals surface area contributed by atoms with Gasteiger partial charge >= 0.3 is 0 Å². The Labute approximate surface area is 75.1 Å². The Morgan fingerprint density at radius 1 is 1.46 bits per heavy atom. The van der Waals surface area contributed by atoms with Gasteiger partial charge < -0.3 is 0 Å². The molecule has 2 aromatic rings. The Morgan fingerprint density at radius 2 is 2.23 bits per heavy atom. The van der Waals surface area contributed by atoms with Gasteiger partial charge in [-0.2, -0.15) is 9.89 Å². The molecule has 0 aliphatic carbocycles. The molecule has 4 heteroatoms. The zero-order valence-corrected chi connectivity index (χ0v) is 7.19. The SMILES string of the molecule is CC(=O)Nn1ncc2ccccc21. The van der Waals surface area contributed by atoms with Gasteiger partial charge in [-0.1, -0.05) is 18.2 Å². The standard InChI is InChI=1S/C9H9N3O/c1-7(13)11-12-9-5-3-2-4-8(9)6-10-12/h2-6H,1H3,(H,11,13). The molecule has 1 aromatic carbocycles. The number of fused-ring (bicyclic) bond motifs is 1. The molecule has 0 bridgehead atoms. The van der Waals surface area contributed by atoms with E-state index in [9.17, 15) is 4.79 Å². The number of amides is 1. The van der Waals surface area contributed by atoms with E-state index in [-0.39, 0.29) is 5.91 Å². The summed E-state index contributed by atoms with van der Waals surface area (Å²) in [7, 11) is 0. The molecule has 2 rings (SSSR count). The molecule has 0 aliphatic rings. The van der Waals surface area contributed by atoms with E-state index in [1.807, 2.05) is 24.3 Å². The van der Waals surface area contributed by atoms with Gasteiger partial charge in [0.1, 0.15) is 0 Å². The maximum Gasteiger partial charge on any atom is 0.236 e. The number of nitrogens with one attached hydrogen (secondary N) is 1. The minimum atomic E-state index is -0.131. The molecule has 13 heavy (non-hydrogen) atoms. The highest BCUT2D eigenvalue weighted by Crippen LogP contribution is 2.10. The van der Waals surface area contributed by atoms with Crippen LogP contribution in [0, 0.1) is 0 Å². The Hall–Kier alpha value is -1.84. The Kier molecular flexibility index (Phi) is 1.73. The summed E-state index contributed by atoms with van der Waals surface area (Å²) in [4.78, 5) is 12.3. The molecule has 0 atom stereocenters. The molecule has 0 aliphatic heterocycles. The molecule has 0 unspecified atom stereocenters. The van der Waals surface area contributed by atoms with Gasteiger partial charge in [-0.15, -0.1) is 0 Å². The molecule has 0 fully saturated rings. The molecule has 1 aromatic heterocycles. The fourth-order valence-corrected chi connectivity index (χ4v) is 1.21. The van der Waals surface area contributed by atoms with E-state index in [1.165, 1.54) is 11.7 Å². The zero-order valence-electron chi connectivity index (χ0n) is 7.19. The van der Waals surface area contributed by atoms with E-state index < -0.39 is 0 Å². The van der Waals surface area contributed by atoms with Crippen molar-refractivity contribution in [3.63, 3.8) is 0 Å². The molecular weight excluding hydrogens is 166 g/mol. The van der Waals surface area contributed by atoms with Crippen molar-refractivity contribution >= 4 is 16.8 Å². The molecular formula is C9H9N3O. The summed E-state index contributed by atoms with van der Waals surface area (Å²) in [6.07, 6.45) is 1.71. The molecule has 0 spiro atoms. The van der Waals surface area contributed by atoms with Crippen molar-refractivity contribution in [3.05, 3.63) is 30.5 Å². The summed E-state index contributed by atoms with van der Waals surface area (Å²) >= 11 is 0. The highest BCUT2D eigenvalue weighted by Gasteiger charge is 2.00.